The molecule has 4 heteroatoms. The van der Waals surface area contributed by atoms with Gasteiger partial charge in [0.1, 0.15) is 5.75 Å². The monoisotopic (exact) mass is 311 g/mol. The molecule has 2 fully saturated rings. The molecule has 120 valence electrons. The van der Waals surface area contributed by atoms with Crippen LogP contribution in [0.3, 0.4) is 0 Å². The van der Waals surface area contributed by atoms with Crippen molar-refractivity contribution in [2.75, 3.05) is 20.3 Å². The molecule has 1 saturated carbocycles. The van der Waals surface area contributed by atoms with Gasteiger partial charge < -0.3 is 14.2 Å². The number of ether oxygens (including phenoxy) is 3. The molecule has 1 aromatic carbocycles. The van der Waals surface area contributed by atoms with Crippen LogP contribution in [0.5, 0.6) is 5.75 Å². The van der Waals surface area contributed by atoms with E-state index in [2.05, 4.69) is 24.3 Å². The summed E-state index contributed by atoms with van der Waals surface area (Å²) in [5.41, 5.74) is 3.64. The maximum absolute atomic E-state index is 9.49. The van der Waals surface area contributed by atoms with Crippen molar-refractivity contribution >= 4 is 0 Å². The minimum Gasteiger partial charge on any atom is -0.497 e. The molecule has 1 aromatic rings. The lowest BCUT2D eigenvalue weighted by Gasteiger charge is -2.47. The van der Waals surface area contributed by atoms with Crippen LogP contribution in [-0.4, -0.2) is 26.1 Å². The second-order valence-electron chi connectivity index (χ2n) is 6.66. The van der Waals surface area contributed by atoms with E-state index >= 15 is 0 Å². The van der Waals surface area contributed by atoms with E-state index in [1.54, 1.807) is 7.11 Å². The highest BCUT2D eigenvalue weighted by Crippen LogP contribution is 2.54. The van der Waals surface area contributed by atoms with Crippen molar-refractivity contribution in [1.82, 2.24) is 0 Å². The number of nitrogens with zero attached hydrogens (tertiary/aromatic N) is 1. The number of fused-ring (bicyclic) bond motifs is 3. The first kappa shape index (κ1) is 14.7. The van der Waals surface area contributed by atoms with E-state index in [4.69, 9.17) is 14.2 Å². The predicted octanol–water partition coefficient (Wildman–Crippen LogP) is 3.26. The van der Waals surface area contributed by atoms with E-state index in [1.807, 2.05) is 6.07 Å². The average Bonchev–Trinajstić information content (AvgIpc) is 3.03. The first-order chi connectivity index (χ1) is 11.2. The van der Waals surface area contributed by atoms with Crippen molar-refractivity contribution in [2.45, 2.75) is 43.3 Å². The zero-order chi connectivity index (χ0) is 15.9. The highest BCUT2D eigenvalue weighted by molar-refractivity contribution is 5.51. The van der Waals surface area contributed by atoms with Crippen LogP contribution in [0.1, 0.15) is 36.8 Å². The van der Waals surface area contributed by atoms with Gasteiger partial charge in [0.05, 0.1) is 26.4 Å². The molecule has 3 aliphatic rings. The van der Waals surface area contributed by atoms with Gasteiger partial charge in [0.15, 0.2) is 5.79 Å². The summed E-state index contributed by atoms with van der Waals surface area (Å²) in [6, 6.07) is 8.68. The van der Waals surface area contributed by atoms with Crippen LogP contribution in [0.4, 0.5) is 0 Å². The lowest BCUT2D eigenvalue weighted by Crippen LogP contribution is -2.45. The molecule has 0 amide bonds. The van der Waals surface area contributed by atoms with Gasteiger partial charge in [-0.25, -0.2) is 0 Å². The van der Waals surface area contributed by atoms with Gasteiger partial charge in [0.25, 0.3) is 0 Å². The Morgan fingerprint density at radius 2 is 2.09 bits per heavy atom. The zero-order valence-corrected chi connectivity index (χ0v) is 13.4. The molecule has 2 aliphatic carbocycles. The molecular formula is C19H21NO3. The number of hydrogen-bond donors (Lipinski definition) is 0. The standard InChI is InChI=1S/C19H21NO3/c1-21-16-5-3-14-2-4-15-13-19(22-10-11-23-19)7-6-18(15,8-9-20)17(14)12-16/h3-5,12H,2,6-8,10-11,13H2,1H3. The number of rotatable bonds is 2. The summed E-state index contributed by atoms with van der Waals surface area (Å²) in [7, 11) is 1.69. The molecule has 0 radical (unpaired) electrons. The maximum Gasteiger partial charge on any atom is 0.172 e. The molecule has 1 heterocycles. The Bertz CT molecular complexity index is 697. The topological polar surface area (TPSA) is 51.5 Å². The Hall–Kier alpha value is -1.83. The van der Waals surface area contributed by atoms with Crippen molar-refractivity contribution in [3.63, 3.8) is 0 Å². The van der Waals surface area contributed by atoms with E-state index in [0.29, 0.717) is 19.6 Å². The summed E-state index contributed by atoms with van der Waals surface area (Å²) >= 11 is 0. The Morgan fingerprint density at radius 3 is 2.83 bits per heavy atom. The lowest BCUT2D eigenvalue weighted by atomic mass is 9.59. The zero-order valence-electron chi connectivity index (χ0n) is 13.4. The van der Waals surface area contributed by atoms with Crippen molar-refractivity contribution < 1.29 is 14.2 Å². The SMILES string of the molecule is COc1ccc2c(c1)C1(CC#N)CCC3(CC1=CC2)OCCO3. The first-order valence-electron chi connectivity index (χ1n) is 8.23. The molecule has 1 unspecified atom stereocenters. The van der Waals surface area contributed by atoms with Crippen LogP contribution >= 0.6 is 0 Å². The third-order valence-corrected chi connectivity index (χ3v) is 5.60. The Morgan fingerprint density at radius 1 is 1.26 bits per heavy atom. The molecule has 1 saturated heterocycles. The second kappa shape index (κ2) is 5.36. The molecule has 0 N–H and O–H groups in total. The fraction of sp³-hybridized carbons (Fsp3) is 0.526. The van der Waals surface area contributed by atoms with Gasteiger partial charge in [0, 0.05) is 24.7 Å². The molecule has 0 bridgehead atoms. The van der Waals surface area contributed by atoms with Crippen LogP contribution in [0.15, 0.2) is 29.8 Å². The largest absolute Gasteiger partial charge is 0.497 e. The van der Waals surface area contributed by atoms with Gasteiger partial charge in [-0.15, -0.1) is 0 Å². The van der Waals surface area contributed by atoms with Crippen LogP contribution in [0.2, 0.25) is 0 Å². The molecule has 1 spiro atoms. The predicted molar refractivity (Wildman–Crippen MR) is 85.2 cm³/mol. The van der Waals surface area contributed by atoms with Crippen molar-refractivity contribution in [1.29, 1.82) is 5.26 Å². The number of nitriles is 1. The Balaban J connectivity index is 1.79. The molecular weight excluding hydrogens is 290 g/mol. The highest BCUT2D eigenvalue weighted by Gasteiger charge is 2.51. The minimum absolute atomic E-state index is 0.211. The third kappa shape index (κ3) is 2.19. The highest BCUT2D eigenvalue weighted by atomic mass is 16.7. The smallest absolute Gasteiger partial charge is 0.172 e. The van der Waals surface area contributed by atoms with Crippen molar-refractivity contribution in [3.8, 4) is 11.8 Å². The summed E-state index contributed by atoms with van der Waals surface area (Å²) < 4.78 is 17.3. The number of benzene rings is 1. The van der Waals surface area contributed by atoms with Gasteiger partial charge in [-0.1, -0.05) is 17.7 Å². The van der Waals surface area contributed by atoms with E-state index in [-0.39, 0.29) is 5.41 Å². The summed E-state index contributed by atoms with van der Waals surface area (Å²) in [6.07, 6.45) is 6.17. The van der Waals surface area contributed by atoms with E-state index in [9.17, 15) is 5.26 Å². The van der Waals surface area contributed by atoms with Crippen LogP contribution < -0.4 is 4.74 Å². The number of allylic oxidation sites excluding steroid dienone is 1. The van der Waals surface area contributed by atoms with E-state index in [1.165, 1.54) is 16.7 Å². The van der Waals surface area contributed by atoms with Gasteiger partial charge in [-0.05, 0) is 36.1 Å². The van der Waals surface area contributed by atoms with Crippen LogP contribution in [0.25, 0.3) is 0 Å². The molecule has 4 rings (SSSR count). The number of methoxy groups -OCH3 is 1. The van der Waals surface area contributed by atoms with Crippen LogP contribution in [-0.2, 0) is 21.3 Å². The normalized spacial score (nSPS) is 27.7. The fourth-order valence-corrected chi connectivity index (χ4v) is 4.40. The average molecular weight is 311 g/mol. The molecule has 1 atom stereocenters. The third-order valence-electron chi connectivity index (χ3n) is 5.60. The summed E-state index contributed by atoms with van der Waals surface area (Å²) in [4.78, 5) is 0. The van der Waals surface area contributed by atoms with Gasteiger partial charge >= 0.3 is 0 Å². The first-order valence-corrected chi connectivity index (χ1v) is 8.23. The minimum atomic E-state index is -0.457. The van der Waals surface area contributed by atoms with E-state index < -0.39 is 5.79 Å². The van der Waals surface area contributed by atoms with Crippen LogP contribution in [0, 0.1) is 11.3 Å². The summed E-state index contributed by atoms with van der Waals surface area (Å²) in [5.74, 6) is 0.400. The fourth-order valence-electron chi connectivity index (χ4n) is 4.40. The van der Waals surface area contributed by atoms with Gasteiger partial charge in [-0.2, -0.15) is 5.26 Å². The Labute approximate surface area is 136 Å². The molecule has 0 aromatic heterocycles. The van der Waals surface area contributed by atoms with Crippen molar-refractivity contribution in [2.24, 2.45) is 0 Å². The van der Waals surface area contributed by atoms with Gasteiger partial charge in [0.2, 0.25) is 0 Å². The molecule has 23 heavy (non-hydrogen) atoms. The van der Waals surface area contributed by atoms with Crippen molar-refractivity contribution in [3.05, 3.63) is 41.0 Å². The number of hydrogen-bond acceptors (Lipinski definition) is 4. The second-order valence-corrected chi connectivity index (χ2v) is 6.66. The quantitative estimate of drug-likeness (QED) is 0.787. The maximum atomic E-state index is 9.49. The summed E-state index contributed by atoms with van der Waals surface area (Å²) in [6.45, 7) is 1.34. The Kier molecular flexibility index (Phi) is 3.44. The van der Waals surface area contributed by atoms with Gasteiger partial charge in [-0.3, -0.25) is 0 Å². The lowest BCUT2D eigenvalue weighted by molar-refractivity contribution is -0.173. The van der Waals surface area contributed by atoms with E-state index in [0.717, 1.165) is 31.4 Å². The molecule has 4 nitrogen and oxygen atoms in total. The summed E-state index contributed by atoms with van der Waals surface area (Å²) in [5, 5.41) is 9.49. The molecule has 1 aliphatic heterocycles.